The van der Waals surface area contributed by atoms with Gasteiger partial charge >= 0.3 is 0 Å². The molecule has 1 N–H and O–H groups in total. The van der Waals surface area contributed by atoms with Crippen molar-refractivity contribution in [3.8, 4) is 11.1 Å². The van der Waals surface area contributed by atoms with Gasteiger partial charge in [0.1, 0.15) is 12.1 Å². The summed E-state index contributed by atoms with van der Waals surface area (Å²) in [6.45, 7) is 0.360. The molecule has 5 rings (SSSR count). The lowest BCUT2D eigenvalue weighted by Gasteiger charge is -2.23. The number of carbonyl (C=O) groups excluding carboxylic acids is 1. The molecule has 0 aliphatic rings. The highest BCUT2D eigenvalue weighted by Crippen LogP contribution is 2.24. The second kappa shape index (κ2) is 9.33. The molecule has 168 valence electrons. The van der Waals surface area contributed by atoms with Crippen molar-refractivity contribution in [2.45, 2.75) is 13.1 Å². The number of halogens is 1. The third-order valence-electron chi connectivity index (χ3n) is 5.54. The van der Waals surface area contributed by atoms with Crippen LogP contribution in [0.4, 0.5) is 5.69 Å². The molecule has 0 aliphatic heterocycles. The first-order chi connectivity index (χ1) is 16.6. The summed E-state index contributed by atoms with van der Waals surface area (Å²) in [5.74, 6) is -0.152. The lowest BCUT2D eigenvalue weighted by atomic mass is 10.1. The summed E-state index contributed by atoms with van der Waals surface area (Å²) < 4.78 is 1.60. The summed E-state index contributed by atoms with van der Waals surface area (Å²) in [5.41, 5.74) is 4.28. The van der Waals surface area contributed by atoms with Crippen molar-refractivity contribution in [2.24, 2.45) is 0 Å². The molecule has 0 radical (unpaired) electrons. The summed E-state index contributed by atoms with van der Waals surface area (Å²) in [6, 6.07) is 25.8. The number of rotatable bonds is 6. The average molecular weight is 470 g/mol. The van der Waals surface area contributed by atoms with E-state index in [4.69, 9.17) is 11.6 Å². The van der Waals surface area contributed by atoms with E-state index < -0.39 is 0 Å². The maximum Gasteiger partial charge on any atom is 0.255 e. The van der Waals surface area contributed by atoms with Crippen molar-refractivity contribution in [1.82, 2.24) is 20.0 Å². The summed E-state index contributed by atoms with van der Waals surface area (Å²) in [5, 5.41) is 8.90. The molecule has 0 unspecified atom stereocenters. The third-order valence-corrected chi connectivity index (χ3v) is 5.78. The molecule has 0 saturated carbocycles. The van der Waals surface area contributed by atoms with Crippen molar-refractivity contribution in [3.05, 3.63) is 112 Å². The van der Waals surface area contributed by atoms with Crippen molar-refractivity contribution < 1.29 is 4.79 Å². The molecular weight excluding hydrogens is 450 g/mol. The Bertz CT molecular complexity index is 1520. The Morgan fingerprint density at radius 1 is 0.971 bits per heavy atom. The van der Waals surface area contributed by atoms with Crippen LogP contribution in [-0.4, -0.2) is 25.9 Å². The molecule has 0 bridgehead atoms. The molecule has 0 atom stereocenters. The van der Waals surface area contributed by atoms with Crippen molar-refractivity contribution in [2.75, 3.05) is 4.90 Å². The van der Waals surface area contributed by atoms with Gasteiger partial charge in [-0.1, -0.05) is 53.2 Å². The first-order valence-corrected chi connectivity index (χ1v) is 11.1. The number of para-hydroxylation sites is 1. The smallest absolute Gasteiger partial charge is 0.255 e. The number of aromatic amines is 1. The molecule has 0 aliphatic carbocycles. The number of carbonyl (C=O) groups is 1. The van der Waals surface area contributed by atoms with Crippen LogP contribution in [0.25, 0.3) is 22.2 Å². The number of hydrogen-bond donors (Lipinski definition) is 1. The van der Waals surface area contributed by atoms with E-state index in [0.717, 1.165) is 22.2 Å². The fourth-order valence-electron chi connectivity index (χ4n) is 3.86. The molecule has 34 heavy (non-hydrogen) atoms. The van der Waals surface area contributed by atoms with Gasteiger partial charge in [-0.2, -0.15) is 0 Å². The predicted octanol–water partition coefficient (Wildman–Crippen LogP) is 4.67. The summed E-state index contributed by atoms with van der Waals surface area (Å²) in [4.78, 5) is 30.0. The van der Waals surface area contributed by atoms with E-state index >= 15 is 0 Å². The molecule has 0 spiro atoms. The second-order valence-corrected chi connectivity index (χ2v) is 8.24. The number of hydrogen-bond acceptors (Lipinski definition) is 4. The molecule has 5 aromatic rings. The number of nitrogens with one attached hydrogen (secondary N) is 1. The Hall–Kier alpha value is -4.23. The fraction of sp³-hybridized carbons (Fsp3) is 0.0769. The number of pyridine rings is 1. The molecule has 0 saturated heterocycles. The van der Waals surface area contributed by atoms with Gasteiger partial charge in [-0.3, -0.25) is 9.59 Å². The SMILES string of the molecule is O=C(Cn1nnc2ccccc21)N(Cc1cccc(Cl)c1)c1ccc(-c2ccc[nH]c2=O)cc1. The van der Waals surface area contributed by atoms with Crippen LogP contribution in [0.3, 0.4) is 0 Å². The fourth-order valence-corrected chi connectivity index (χ4v) is 4.07. The van der Waals surface area contributed by atoms with E-state index in [1.807, 2.05) is 66.7 Å². The first-order valence-electron chi connectivity index (χ1n) is 10.7. The zero-order valence-corrected chi connectivity index (χ0v) is 18.8. The minimum Gasteiger partial charge on any atom is -0.329 e. The van der Waals surface area contributed by atoms with Gasteiger partial charge in [0.25, 0.3) is 5.56 Å². The summed E-state index contributed by atoms with van der Waals surface area (Å²) in [7, 11) is 0. The summed E-state index contributed by atoms with van der Waals surface area (Å²) in [6.07, 6.45) is 1.60. The average Bonchev–Trinajstić information content (AvgIpc) is 3.26. The van der Waals surface area contributed by atoms with E-state index in [1.54, 1.807) is 34.0 Å². The quantitative estimate of drug-likeness (QED) is 0.391. The zero-order valence-electron chi connectivity index (χ0n) is 18.1. The Kier molecular flexibility index (Phi) is 5.93. The number of benzene rings is 3. The lowest BCUT2D eigenvalue weighted by molar-refractivity contribution is -0.119. The Morgan fingerprint density at radius 3 is 2.59 bits per heavy atom. The highest BCUT2D eigenvalue weighted by atomic mass is 35.5. The van der Waals surface area contributed by atoms with Gasteiger partial charge in [0.2, 0.25) is 5.91 Å². The van der Waals surface area contributed by atoms with Crippen LogP contribution >= 0.6 is 11.6 Å². The number of H-pyrrole nitrogens is 1. The minimum atomic E-state index is -0.167. The van der Waals surface area contributed by atoms with Crippen LogP contribution in [0.5, 0.6) is 0 Å². The molecule has 0 fully saturated rings. The number of aromatic nitrogens is 4. The van der Waals surface area contributed by atoms with E-state index in [-0.39, 0.29) is 18.0 Å². The highest BCUT2D eigenvalue weighted by Gasteiger charge is 2.19. The second-order valence-electron chi connectivity index (χ2n) is 7.81. The zero-order chi connectivity index (χ0) is 23.5. The minimum absolute atomic E-state index is 0.0290. The van der Waals surface area contributed by atoms with Gasteiger partial charge in [0.15, 0.2) is 0 Å². The topological polar surface area (TPSA) is 83.9 Å². The maximum atomic E-state index is 13.5. The van der Waals surface area contributed by atoms with Crippen LogP contribution in [0, 0.1) is 0 Å². The third kappa shape index (κ3) is 4.46. The number of anilines is 1. The van der Waals surface area contributed by atoms with Gasteiger partial charge < -0.3 is 9.88 Å². The maximum absolute atomic E-state index is 13.5. The molecule has 7 nitrogen and oxygen atoms in total. The Labute approximate surface area is 200 Å². The van der Waals surface area contributed by atoms with Crippen molar-refractivity contribution >= 4 is 34.2 Å². The standard InChI is InChI=1S/C26H20ClN5O2/c27-20-6-3-5-18(15-20)16-31(25(33)17-32-24-9-2-1-8-23(24)29-30-32)21-12-10-19(11-13-21)22-7-4-14-28-26(22)34/h1-15H,16-17H2,(H,28,34). The molecular formula is C26H20ClN5O2. The van der Waals surface area contributed by atoms with E-state index in [0.29, 0.717) is 22.8 Å². The van der Waals surface area contributed by atoms with E-state index in [9.17, 15) is 9.59 Å². The predicted molar refractivity (Wildman–Crippen MR) is 133 cm³/mol. The van der Waals surface area contributed by atoms with Gasteiger partial charge in [0, 0.05) is 22.5 Å². The molecule has 1 amide bonds. The van der Waals surface area contributed by atoms with Crippen molar-refractivity contribution in [3.63, 3.8) is 0 Å². The van der Waals surface area contributed by atoms with E-state index in [1.165, 1.54) is 0 Å². The number of amides is 1. The van der Waals surface area contributed by atoms with Gasteiger partial charge in [-0.15, -0.1) is 5.10 Å². The van der Waals surface area contributed by atoms with Crippen LogP contribution in [-0.2, 0) is 17.9 Å². The van der Waals surface area contributed by atoms with Crippen LogP contribution in [0.1, 0.15) is 5.56 Å². The lowest BCUT2D eigenvalue weighted by Crippen LogP contribution is -2.33. The largest absolute Gasteiger partial charge is 0.329 e. The van der Waals surface area contributed by atoms with Gasteiger partial charge in [0.05, 0.1) is 12.1 Å². The number of fused-ring (bicyclic) bond motifs is 1. The monoisotopic (exact) mass is 469 g/mol. The van der Waals surface area contributed by atoms with E-state index in [2.05, 4.69) is 15.3 Å². The van der Waals surface area contributed by atoms with Gasteiger partial charge in [-0.25, -0.2) is 4.68 Å². The molecule has 2 aromatic heterocycles. The first kappa shape index (κ1) is 21.6. The summed E-state index contributed by atoms with van der Waals surface area (Å²) >= 11 is 6.18. The van der Waals surface area contributed by atoms with Crippen molar-refractivity contribution in [1.29, 1.82) is 0 Å². The Morgan fingerprint density at radius 2 is 1.79 bits per heavy atom. The molecule has 2 heterocycles. The van der Waals surface area contributed by atoms with Crippen LogP contribution in [0.15, 0.2) is 95.9 Å². The highest BCUT2D eigenvalue weighted by molar-refractivity contribution is 6.30. The molecule has 3 aromatic carbocycles. The van der Waals surface area contributed by atoms with Gasteiger partial charge in [-0.05, 0) is 59.7 Å². The molecule has 8 heteroatoms. The van der Waals surface area contributed by atoms with Crippen LogP contribution < -0.4 is 10.5 Å². The Balaban J connectivity index is 1.48. The normalized spacial score (nSPS) is 11.0. The van der Waals surface area contributed by atoms with Crippen LogP contribution in [0.2, 0.25) is 5.02 Å². The number of nitrogens with zero attached hydrogens (tertiary/aromatic N) is 4.